The number of hydrogen-bond acceptors (Lipinski definition) is 3. The molecule has 2 nitrogen and oxygen atoms in total. The topological polar surface area (TPSA) is 18.5 Å². The SMILES string of the molecule is CC1(CCCS)COCCO1. The van der Waals surface area contributed by atoms with Gasteiger partial charge >= 0.3 is 0 Å². The maximum absolute atomic E-state index is 5.61. The highest BCUT2D eigenvalue weighted by molar-refractivity contribution is 7.80. The van der Waals surface area contributed by atoms with Gasteiger partial charge in [0.05, 0.1) is 25.4 Å². The van der Waals surface area contributed by atoms with Gasteiger partial charge in [0.1, 0.15) is 0 Å². The molecule has 66 valence electrons. The summed E-state index contributed by atoms with van der Waals surface area (Å²) in [5, 5.41) is 0. The first-order valence-electron chi connectivity index (χ1n) is 4.09. The van der Waals surface area contributed by atoms with Gasteiger partial charge in [-0.05, 0) is 25.5 Å². The van der Waals surface area contributed by atoms with E-state index in [0.29, 0.717) is 0 Å². The van der Waals surface area contributed by atoms with Gasteiger partial charge in [-0.15, -0.1) is 0 Å². The lowest BCUT2D eigenvalue weighted by Gasteiger charge is -2.33. The summed E-state index contributed by atoms with van der Waals surface area (Å²) in [7, 11) is 0. The Balaban J connectivity index is 2.25. The molecular weight excluding hydrogens is 160 g/mol. The predicted molar refractivity (Wildman–Crippen MR) is 48.3 cm³/mol. The van der Waals surface area contributed by atoms with Crippen molar-refractivity contribution in [3.63, 3.8) is 0 Å². The number of thiol groups is 1. The van der Waals surface area contributed by atoms with Crippen LogP contribution in [0.2, 0.25) is 0 Å². The second-order valence-corrected chi connectivity index (χ2v) is 3.63. The summed E-state index contributed by atoms with van der Waals surface area (Å²) < 4.78 is 10.9. The highest BCUT2D eigenvalue weighted by Crippen LogP contribution is 2.21. The van der Waals surface area contributed by atoms with Crippen molar-refractivity contribution in [2.45, 2.75) is 25.4 Å². The van der Waals surface area contributed by atoms with E-state index in [9.17, 15) is 0 Å². The average Bonchev–Trinajstić information content (AvgIpc) is 2.03. The smallest absolute Gasteiger partial charge is 0.0888 e. The van der Waals surface area contributed by atoms with E-state index < -0.39 is 0 Å². The van der Waals surface area contributed by atoms with Gasteiger partial charge in [0.15, 0.2) is 0 Å². The lowest BCUT2D eigenvalue weighted by Crippen LogP contribution is -2.40. The molecule has 1 heterocycles. The first kappa shape index (κ1) is 9.36. The molecule has 0 amide bonds. The zero-order valence-electron chi connectivity index (χ0n) is 7.01. The fraction of sp³-hybridized carbons (Fsp3) is 1.00. The second-order valence-electron chi connectivity index (χ2n) is 3.18. The third kappa shape index (κ3) is 3.01. The molecular formula is C8H16O2S. The Morgan fingerprint density at radius 3 is 2.82 bits per heavy atom. The molecule has 1 unspecified atom stereocenters. The molecule has 0 saturated carbocycles. The zero-order valence-corrected chi connectivity index (χ0v) is 7.90. The van der Waals surface area contributed by atoms with Gasteiger partial charge in [-0.25, -0.2) is 0 Å². The van der Waals surface area contributed by atoms with E-state index in [4.69, 9.17) is 9.47 Å². The van der Waals surface area contributed by atoms with Crippen LogP contribution in [0, 0.1) is 0 Å². The van der Waals surface area contributed by atoms with Crippen LogP contribution >= 0.6 is 12.6 Å². The second kappa shape index (κ2) is 4.33. The van der Waals surface area contributed by atoms with E-state index in [1.165, 1.54) is 0 Å². The van der Waals surface area contributed by atoms with E-state index in [0.717, 1.165) is 38.4 Å². The van der Waals surface area contributed by atoms with Crippen molar-refractivity contribution in [3.8, 4) is 0 Å². The molecule has 0 spiro atoms. The summed E-state index contributed by atoms with van der Waals surface area (Å²) in [5.74, 6) is 0.930. The maximum atomic E-state index is 5.61. The molecule has 1 fully saturated rings. The Bertz CT molecular complexity index is 111. The van der Waals surface area contributed by atoms with Crippen LogP contribution in [0.1, 0.15) is 19.8 Å². The minimum Gasteiger partial charge on any atom is -0.376 e. The standard InChI is InChI=1S/C8H16O2S/c1-8(3-2-6-11)7-9-4-5-10-8/h11H,2-7H2,1H3. The highest BCUT2D eigenvalue weighted by atomic mass is 32.1. The molecule has 3 heteroatoms. The van der Waals surface area contributed by atoms with Crippen molar-refractivity contribution >= 4 is 12.6 Å². The van der Waals surface area contributed by atoms with E-state index in [2.05, 4.69) is 19.6 Å². The van der Waals surface area contributed by atoms with Gasteiger partial charge in [-0.3, -0.25) is 0 Å². The molecule has 1 aliphatic rings. The van der Waals surface area contributed by atoms with Gasteiger partial charge in [-0.2, -0.15) is 12.6 Å². The van der Waals surface area contributed by atoms with E-state index in [1.807, 2.05) is 0 Å². The van der Waals surface area contributed by atoms with E-state index >= 15 is 0 Å². The lowest BCUT2D eigenvalue weighted by molar-refractivity contribution is -0.150. The van der Waals surface area contributed by atoms with Crippen molar-refractivity contribution in [2.75, 3.05) is 25.6 Å². The first-order chi connectivity index (χ1) is 5.27. The van der Waals surface area contributed by atoms with Crippen LogP contribution in [0.5, 0.6) is 0 Å². The number of ether oxygens (including phenoxy) is 2. The molecule has 1 atom stereocenters. The minimum atomic E-state index is -0.0407. The van der Waals surface area contributed by atoms with Crippen molar-refractivity contribution in [1.29, 1.82) is 0 Å². The summed E-state index contributed by atoms with van der Waals surface area (Å²) in [6.45, 7) is 4.33. The minimum absolute atomic E-state index is 0.0407. The predicted octanol–water partition coefficient (Wildman–Crippen LogP) is 1.50. The van der Waals surface area contributed by atoms with Crippen LogP contribution in [-0.2, 0) is 9.47 Å². The molecule has 0 bridgehead atoms. The van der Waals surface area contributed by atoms with Gasteiger partial charge < -0.3 is 9.47 Å². The van der Waals surface area contributed by atoms with Gasteiger partial charge in [-0.1, -0.05) is 0 Å². The van der Waals surface area contributed by atoms with E-state index in [1.54, 1.807) is 0 Å². The quantitative estimate of drug-likeness (QED) is 0.657. The Labute approximate surface area is 73.7 Å². The van der Waals surface area contributed by atoms with Crippen LogP contribution in [0.15, 0.2) is 0 Å². The van der Waals surface area contributed by atoms with Crippen LogP contribution in [0.4, 0.5) is 0 Å². The number of hydrogen-bond donors (Lipinski definition) is 1. The average molecular weight is 176 g/mol. The van der Waals surface area contributed by atoms with Crippen molar-refractivity contribution in [3.05, 3.63) is 0 Å². The van der Waals surface area contributed by atoms with E-state index in [-0.39, 0.29) is 5.60 Å². The normalized spacial score (nSPS) is 32.2. The summed E-state index contributed by atoms with van der Waals surface area (Å²) in [6, 6.07) is 0. The lowest BCUT2D eigenvalue weighted by atomic mass is 10.0. The molecule has 0 N–H and O–H groups in total. The van der Waals surface area contributed by atoms with Crippen molar-refractivity contribution in [2.24, 2.45) is 0 Å². The van der Waals surface area contributed by atoms with Crippen LogP contribution in [0.3, 0.4) is 0 Å². The number of rotatable bonds is 3. The van der Waals surface area contributed by atoms with Crippen LogP contribution < -0.4 is 0 Å². The molecule has 0 radical (unpaired) electrons. The molecule has 0 aromatic rings. The first-order valence-corrected chi connectivity index (χ1v) is 4.73. The zero-order chi connectivity index (χ0) is 8.16. The third-order valence-corrected chi connectivity index (χ3v) is 2.27. The molecule has 1 aliphatic heterocycles. The Kier molecular flexibility index (Phi) is 3.69. The summed E-state index contributed by atoms with van der Waals surface area (Å²) in [5.41, 5.74) is -0.0407. The van der Waals surface area contributed by atoms with Crippen molar-refractivity contribution in [1.82, 2.24) is 0 Å². The molecule has 1 rings (SSSR count). The van der Waals surface area contributed by atoms with Crippen molar-refractivity contribution < 1.29 is 9.47 Å². The maximum Gasteiger partial charge on any atom is 0.0888 e. The van der Waals surface area contributed by atoms with Gasteiger partial charge in [0.25, 0.3) is 0 Å². The summed E-state index contributed by atoms with van der Waals surface area (Å²) in [6.07, 6.45) is 2.15. The largest absolute Gasteiger partial charge is 0.376 e. The van der Waals surface area contributed by atoms with Crippen LogP contribution in [-0.4, -0.2) is 31.2 Å². The molecule has 1 saturated heterocycles. The fourth-order valence-corrected chi connectivity index (χ4v) is 1.43. The molecule has 0 aromatic carbocycles. The summed E-state index contributed by atoms with van der Waals surface area (Å²) >= 11 is 4.16. The summed E-state index contributed by atoms with van der Waals surface area (Å²) in [4.78, 5) is 0. The Hall–Kier alpha value is 0.270. The van der Waals surface area contributed by atoms with Crippen LogP contribution in [0.25, 0.3) is 0 Å². The Morgan fingerprint density at radius 1 is 1.45 bits per heavy atom. The fourth-order valence-electron chi connectivity index (χ4n) is 1.27. The molecule has 11 heavy (non-hydrogen) atoms. The van der Waals surface area contributed by atoms with Gasteiger partial charge in [0, 0.05) is 0 Å². The third-order valence-electron chi connectivity index (χ3n) is 1.95. The Morgan fingerprint density at radius 2 is 2.27 bits per heavy atom. The molecule has 0 aliphatic carbocycles. The van der Waals surface area contributed by atoms with Gasteiger partial charge in [0.2, 0.25) is 0 Å². The highest BCUT2D eigenvalue weighted by Gasteiger charge is 2.27. The monoisotopic (exact) mass is 176 g/mol. The molecule has 0 aromatic heterocycles.